The van der Waals surface area contributed by atoms with Crippen LogP contribution in [0.5, 0.6) is 0 Å². The number of fused-ring (bicyclic) bond motifs is 1. The van der Waals surface area contributed by atoms with E-state index in [4.69, 9.17) is 0 Å². The van der Waals surface area contributed by atoms with E-state index in [0.717, 1.165) is 6.42 Å². The third kappa shape index (κ3) is 1.73. The van der Waals surface area contributed by atoms with Crippen LogP contribution in [0.2, 0.25) is 0 Å². The van der Waals surface area contributed by atoms with E-state index in [-0.39, 0.29) is 6.04 Å². The van der Waals surface area contributed by atoms with E-state index in [0.29, 0.717) is 18.2 Å². The topological polar surface area (TPSA) is 20.3 Å². The van der Waals surface area contributed by atoms with E-state index in [9.17, 15) is 4.79 Å². The van der Waals surface area contributed by atoms with Gasteiger partial charge in [-0.15, -0.1) is 0 Å². The number of ketones is 1. The van der Waals surface area contributed by atoms with Crippen LogP contribution in [0, 0.1) is 0 Å². The van der Waals surface area contributed by atoms with Crippen molar-refractivity contribution >= 4 is 11.5 Å². The van der Waals surface area contributed by atoms with Crippen molar-refractivity contribution in [1.82, 2.24) is 0 Å². The Morgan fingerprint density at radius 3 is 2.88 bits per heavy atom. The minimum Gasteiger partial charge on any atom is -0.359 e. The first kappa shape index (κ1) is 11.2. The average molecular weight is 217 g/mol. The molecule has 0 aromatic heterocycles. The second-order valence-corrected chi connectivity index (χ2v) is 4.58. The van der Waals surface area contributed by atoms with Gasteiger partial charge in [0.15, 0.2) is 5.78 Å². The van der Waals surface area contributed by atoms with Gasteiger partial charge in [-0.1, -0.05) is 25.1 Å². The average Bonchev–Trinajstić information content (AvgIpc) is 2.63. The number of rotatable bonds is 3. The van der Waals surface area contributed by atoms with Crippen molar-refractivity contribution < 1.29 is 4.79 Å². The normalized spacial score (nSPS) is 20.7. The number of Topliss-reactive ketones (excluding diaryl/α,β-unsaturated/α-hetero) is 1. The zero-order chi connectivity index (χ0) is 11.7. The van der Waals surface area contributed by atoms with Crippen LogP contribution in [0.25, 0.3) is 0 Å². The molecule has 0 saturated carbocycles. The summed E-state index contributed by atoms with van der Waals surface area (Å²) in [5.74, 6) is 0.323. The van der Waals surface area contributed by atoms with E-state index in [2.05, 4.69) is 30.0 Å². The predicted octanol–water partition coefficient (Wildman–Crippen LogP) is 2.81. The monoisotopic (exact) mass is 217 g/mol. The largest absolute Gasteiger partial charge is 0.359 e. The fourth-order valence-corrected chi connectivity index (χ4v) is 2.63. The molecule has 0 amide bonds. The molecule has 0 fully saturated rings. The van der Waals surface area contributed by atoms with Gasteiger partial charge in [0.05, 0.1) is 6.04 Å². The number of anilines is 1. The van der Waals surface area contributed by atoms with Crippen molar-refractivity contribution in [2.45, 2.75) is 45.7 Å². The van der Waals surface area contributed by atoms with Gasteiger partial charge in [0.2, 0.25) is 0 Å². The first-order valence-electron chi connectivity index (χ1n) is 6.04. The summed E-state index contributed by atoms with van der Waals surface area (Å²) in [6.07, 6.45) is 1.67. The van der Waals surface area contributed by atoms with Crippen LogP contribution < -0.4 is 4.90 Å². The molecule has 2 heteroatoms. The number of benzene rings is 1. The Hall–Kier alpha value is -1.31. The third-order valence-corrected chi connectivity index (χ3v) is 3.49. The van der Waals surface area contributed by atoms with E-state index >= 15 is 0 Å². The van der Waals surface area contributed by atoms with Gasteiger partial charge in [0.1, 0.15) is 0 Å². The summed E-state index contributed by atoms with van der Waals surface area (Å²) in [7, 11) is 0. The number of carbonyl (C=O) groups excluding carboxylic acids is 1. The Kier molecular flexibility index (Phi) is 2.99. The number of nitrogens with zero attached hydrogens (tertiary/aromatic N) is 1. The smallest absolute Gasteiger partial charge is 0.154 e. The van der Waals surface area contributed by atoms with Crippen molar-refractivity contribution in [3.63, 3.8) is 0 Å². The Morgan fingerprint density at radius 2 is 2.19 bits per heavy atom. The van der Waals surface area contributed by atoms with Gasteiger partial charge in [-0.3, -0.25) is 4.79 Å². The minimum absolute atomic E-state index is 0.00338. The van der Waals surface area contributed by atoms with Crippen molar-refractivity contribution in [2.75, 3.05) is 4.90 Å². The maximum atomic E-state index is 11.8. The van der Waals surface area contributed by atoms with Crippen molar-refractivity contribution in [2.24, 2.45) is 0 Å². The summed E-state index contributed by atoms with van der Waals surface area (Å²) in [6.45, 7) is 6.15. The summed E-state index contributed by atoms with van der Waals surface area (Å²) in [6, 6.07) is 8.84. The zero-order valence-electron chi connectivity index (χ0n) is 10.2. The van der Waals surface area contributed by atoms with E-state index in [1.54, 1.807) is 0 Å². The van der Waals surface area contributed by atoms with Crippen LogP contribution >= 0.6 is 0 Å². The SMILES string of the molecule is CCC(=O)C(C)N1c2ccccc2CC1C. The highest BCUT2D eigenvalue weighted by molar-refractivity contribution is 5.87. The predicted molar refractivity (Wildman–Crippen MR) is 66.8 cm³/mol. The summed E-state index contributed by atoms with van der Waals surface area (Å²) in [5, 5.41) is 0. The first-order chi connectivity index (χ1) is 7.65. The quantitative estimate of drug-likeness (QED) is 0.776. The summed E-state index contributed by atoms with van der Waals surface area (Å²) in [4.78, 5) is 14.1. The molecule has 0 aliphatic carbocycles. The Bertz CT molecular complexity index is 399. The molecule has 2 nitrogen and oxygen atoms in total. The Labute approximate surface area is 97.3 Å². The fraction of sp³-hybridized carbons (Fsp3) is 0.500. The molecule has 1 aromatic carbocycles. The summed E-state index contributed by atoms with van der Waals surface area (Å²) < 4.78 is 0. The lowest BCUT2D eigenvalue weighted by Crippen LogP contribution is -2.42. The van der Waals surface area contributed by atoms with Crippen LogP contribution in [0.15, 0.2) is 24.3 Å². The number of carbonyl (C=O) groups is 1. The minimum atomic E-state index is 0.00338. The molecule has 2 unspecified atom stereocenters. The molecule has 0 radical (unpaired) electrons. The lowest BCUT2D eigenvalue weighted by atomic mass is 10.1. The maximum Gasteiger partial charge on any atom is 0.154 e. The molecule has 0 spiro atoms. The van der Waals surface area contributed by atoms with E-state index < -0.39 is 0 Å². The molecular weight excluding hydrogens is 198 g/mol. The second-order valence-electron chi connectivity index (χ2n) is 4.58. The molecule has 0 saturated heterocycles. The highest BCUT2D eigenvalue weighted by atomic mass is 16.1. The van der Waals surface area contributed by atoms with Crippen LogP contribution in [0.4, 0.5) is 5.69 Å². The molecule has 86 valence electrons. The standard InChI is InChI=1S/C14H19NO/c1-4-14(16)11(3)15-10(2)9-12-7-5-6-8-13(12)15/h5-8,10-11H,4,9H2,1-3H3. The van der Waals surface area contributed by atoms with Gasteiger partial charge < -0.3 is 4.90 Å². The first-order valence-corrected chi connectivity index (χ1v) is 6.04. The van der Waals surface area contributed by atoms with Crippen LogP contribution in [-0.2, 0) is 11.2 Å². The fourth-order valence-electron chi connectivity index (χ4n) is 2.63. The molecule has 2 atom stereocenters. The van der Waals surface area contributed by atoms with Gasteiger partial charge in [0, 0.05) is 18.2 Å². The molecular formula is C14H19NO. The van der Waals surface area contributed by atoms with Gasteiger partial charge in [0.25, 0.3) is 0 Å². The van der Waals surface area contributed by atoms with Crippen molar-refractivity contribution in [3.8, 4) is 0 Å². The Balaban J connectivity index is 2.32. The summed E-state index contributed by atoms with van der Waals surface area (Å²) >= 11 is 0. The summed E-state index contributed by atoms with van der Waals surface area (Å²) in [5.41, 5.74) is 2.61. The number of hydrogen-bond acceptors (Lipinski definition) is 2. The second kappa shape index (κ2) is 4.28. The molecule has 0 bridgehead atoms. The lowest BCUT2D eigenvalue weighted by molar-refractivity contribution is -0.119. The zero-order valence-corrected chi connectivity index (χ0v) is 10.2. The van der Waals surface area contributed by atoms with Gasteiger partial charge in [-0.05, 0) is 31.9 Å². The molecule has 0 N–H and O–H groups in total. The molecule has 1 aliphatic rings. The van der Waals surface area contributed by atoms with Gasteiger partial charge in [-0.25, -0.2) is 0 Å². The third-order valence-electron chi connectivity index (χ3n) is 3.49. The number of hydrogen-bond donors (Lipinski definition) is 0. The number of para-hydroxylation sites is 1. The van der Waals surface area contributed by atoms with Crippen LogP contribution in [0.1, 0.15) is 32.8 Å². The van der Waals surface area contributed by atoms with E-state index in [1.165, 1.54) is 11.3 Å². The molecule has 1 aliphatic heterocycles. The maximum absolute atomic E-state index is 11.8. The highest BCUT2D eigenvalue weighted by Crippen LogP contribution is 2.33. The molecule has 2 rings (SSSR count). The Morgan fingerprint density at radius 1 is 1.50 bits per heavy atom. The molecule has 16 heavy (non-hydrogen) atoms. The van der Waals surface area contributed by atoms with Gasteiger partial charge >= 0.3 is 0 Å². The molecule has 1 aromatic rings. The lowest BCUT2D eigenvalue weighted by Gasteiger charge is -2.30. The van der Waals surface area contributed by atoms with Crippen molar-refractivity contribution in [1.29, 1.82) is 0 Å². The van der Waals surface area contributed by atoms with E-state index in [1.807, 2.05) is 19.9 Å². The van der Waals surface area contributed by atoms with Crippen LogP contribution in [-0.4, -0.2) is 17.9 Å². The van der Waals surface area contributed by atoms with Crippen molar-refractivity contribution in [3.05, 3.63) is 29.8 Å². The molecule has 1 heterocycles. The highest BCUT2D eigenvalue weighted by Gasteiger charge is 2.31. The van der Waals surface area contributed by atoms with Crippen LogP contribution in [0.3, 0.4) is 0 Å². The van der Waals surface area contributed by atoms with Gasteiger partial charge in [-0.2, -0.15) is 0 Å².